The van der Waals surface area contributed by atoms with Crippen LogP contribution in [0.4, 0.5) is 0 Å². The summed E-state index contributed by atoms with van der Waals surface area (Å²) in [5.74, 6) is 0.849. The number of nitrogens with zero attached hydrogens (tertiary/aromatic N) is 1. The lowest BCUT2D eigenvalue weighted by Crippen LogP contribution is -2.30. The highest BCUT2D eigenvalue weighted by atomic mass is 32.2. The molecule has 0 amide bonds. The fourth-order valence-electron chi connectivity index (χ4n) is 2.67. The zero-order chi connectivity index (χ0) is 14.0. The number of piperidine rings is 1. The monoisotopic (exact) mass is 294 g/mol. The van der Waals surface area contributed by atoms with Gasteiger partial charge in [0.1, 0.15) is 4.90 Å². The zero-order valence-corrected chi connectivity index (χ0v) is 12.0. The Morgan fingerprint density at radius 3 is 3.00 bits per heavy atom. The molecule has 0 bridgehead atoms. The summed E-state index contributed by atoms with van der Waals surface area (Å²) in [6, 6.07) is 6.79. The summed E-state index contributed by atoms with van der Waals surface area (Å²) >= 11 is 0. The number of sulfonamides is 1. The van der Waals surface area contributed by atoms with Crippen molar-refractivity contribution in [2.75, 3.05) is 19.7 Å². The van der Waals surface area contributed by atoms with Gasteiger partial charge in [-0.2, -0.15) is 8.42 Å². The molecule has 2 heterocycles. The molecule has 1 aromatic rings. The van der Waals surface area contributed by atoms with Crippen LogP contribution in [-0.2, 0) is 14.8 Å². The molecule has 0 unspecified atom stereocenters. The summed E-state index contributed by atoms with van der Waals surface area (Å²) in [5.41, 5.74) is 0.578. The van der Waals surface area contributed by atoms with E-state index < -0.39 is 10.0 Å². The normalized spacial score (nSPS) is 24.0. The van der Waals surface area contributed by atoms with Gasteiger partial charge in [-0.3, -0.25) is 0 Å². The maximum atomic E-state index is 11.9. The molecule has 0 aliphatic carbocycles. The molecule has 1 fully saturated rings. The lowest BCUT2D eigenvalue weighted by Gasteiger charge is -2.22. The first-order chi connectivity index (χ1) is 9.67. The van der Waals surface area contributed by atoms with Crippen molar-refractivity contribution in [2.24, 2.45) is 10.3 Å². The number of rotatable bonds is 3. The highest BCUT2D eigenvalue weighted by molar-refractivity contribution is 7.90. The van der Waals surface area contributed by atoms with Crippen LogP contribution in [0, 0.1) is 5.92 Å². The second kappa shape index (κ2) is 5.54. The lowest BCUT2D eigenvalue weighted by atomic mass is 9.97. The van der Waals surface area contributed by atoms with Crippen molar-refractivity contribution in [2.45, 2.75) is 24.2 Å². The van der Waals surface area contributed by atoms with Crippen LogP contribution in [0.3, 0.4) is 0 Å². The van der Waals surface area contributed by atoms with Gasteiger partial charge in [-0.15, -0.1) is 4.40 Å². The van der Waals surface area contributed by atoms with Gasteiger partial charge in [0.25, 0.3) is 10.0 Å². The Morgan fingerprint density at radius 2 is 2.20 bits per heavy atom. The summed E-state index contributed by atoms with van der Waals surface area (Å²) in [6.07, 6.45) is 3.33. The van der Waals surface area contributed by atoms with Crippen molar-refractivity contribution in [1.82, 2.24) is 5.32 Å². The molecule has 0 spiro atoms. The smallest absolute Gasteiger partial charge is 0.286 e. The van der Waals surface area contributed by atoms with Crippen molar-refractivity contribution in [1.29, 1.82) is 0 Å². The van der Waals surface area contributed by atoms with Gasteiger partial charge in [0, 0.05) is 0 Å². The van der Waals surface area contributed by atoms with Gasteiger partial charge in [0.05, 0.1) is 12.2 Å². The topological polar surface area (TPSA) is 67.8 Å². The Kier molecular flexibility index (Phi) is 3.76. The van der Waals surface area contributed by atoms with E-state index in [9.17, 15) is 8.42 Å². The molecule has 3 rings (SSSR count). The molecule has 6 heteroatoms. The summed E-state index contributed by atoms with van der Waals surface area (Å²) in [7, 11) is -3.56. The van der Waals surface area contributed by atoms with E-state index in [0.29, 0.717) is 18.1 Å². The molecule has 108 valence electrons. The van der Waals surface area contributed by atoms with Gasteiger partial charge in [0.2, 0.25) is 5.90 Å². The molecule has 2 aliphatic heterocycles. The third-order valence-corrected chi connectivity index (χ3v) is 5.08. The Bertz CT molecular complexity index is 619. The fraction of sp³-hybridized carbons (Fsp3) is 0.500. The van der Waals surface area contributed by atoms with E-state index in [0.717, 1.165) is 19.5 Å². The van der Waals surface area contributed by atoms with E-state index in [1.807, 2.05) is 0 Å². The van der Waals surface area contributed by atoms with Gasteiger partial charge in [-0.05, 0) is 50.4 Å². The number of ether oxygens (including phenoxy) is 1. The average molecular weight is 294 g/mol. The molecule has 0 aromatic heterocycles. The van der Waals surface area contributed by atoms with Crippen LogP contribution in [0.15, 0.2) is 33.6 Å². The highest BCUT2D eigenvalue weighted by Gasteiger charge is 2.29. The number of benzene rings is 1. The molecule has 0 radical (unpaired) electrons. The molecule has 0 saturated carbocycles. The van der Waals surface area contributed by atoms with E-state index in [1.165, 1.54) is 12.8 Å². The molecule has 1 aromatic carbocycles. The maximum absolute atomic E-state index is 11.9. The number of hydrogen-bond donors (Lipinski definition) is 1. The van der Waals surface area contributed by atoms with Crippen molar-refractivity contribution in [3.8, 4) is 0 Å². The molecule has 2 aliphatic rings. The van der Waals surface area contributed by atoms with Gasteiger partial charge in [-0.25, -0.2) is 0 Å². The van der Waals surface area contributed by atoms with Gasteiger partial charge >= 0.3 is 0 Å². The van der Waals surface area contributed by atoms with Crippen molar-refractivity contribution in [3.05, 3.63) is 29.8 Å². The Labute approximate surface area is 119 Å². The SMILES string of the molecule is O=S1(=O)N=C(OCC[C@H]2CCCNC2)c2ccccc21. The summed E-state index contributed by atoms with van der Waals surface area (Å²) in [4.78, 5) is 0.245. The quantitative estimate of drug-likeness (QED) is 0.918. The predicted octanol–water partition coefficient (Wildman–Crippen LogP) is 1.54. The van der Waals surface area contributed by atoms with Crippen LogP contribution < -0.4 is 5.32 Å². The second-order valence-corrected chi connectivity index (χ2v) is 6.79. The van der Waals surface area contributed by atoms with Crippen LogP contribution in [0.1, 0.15) is 24.8 Å². The first-order valence-electron chi connectivity index (χ1n) is 6.95. The largest absolute Gasteiger partial charge is 0.477 e. The van der Waals surface area contributed by atoms with Crippen LogP contribution in [-0.4, -0.2) is 34.0 Å². The van der Waals surface area contributed by atoms with Crippen molar-refractivity contribution < 1.29 is 13.2 Å². The molecular formula is C14H18N2O3S. The predicted molar refractivity (Wildman–Crippen MR) is 76.3 cm³/mol. The fourth-order valence-corrected chi connectivity index (χ4v) is 3.82. The van der Waals surface area contributed by atoms with Gasteiger partial charge < -0.3 is 10.1 Å². The summed E-state index contributed by atoms with van der Waals surface area (Å²) in [6.45, 7) is 2.62. The van der Waals surface area contributed by atoms with Crippen LogP contribution in [0.2, 0.25) is 0 Å². The highest BCUT2D eigenvalue weighted by Crippen LogP contribution is 2.26. The number of fused-ring (bicyclic) bond motifs is 1. The first kappa shape index (κ1) is 13.6. The van der Waals surface area contributed by atoms with Crippen molar-refractivity contribution in [3.63, 3.8) is 0 Å². The lowest BCUT2D eigenvalue weighted by molar-refractivity contribution is 0.246. The minimum atomic E-state index is -3.56. The van der Waals surface area contributed by atoms with Crippen LogP contribution in [0.5, 0.6) is 0 Å². The zero-order valence-electron chi connectivity index (χ0n) is 11.2. The van der Waals surface area contributed by atoms with Gasteiger partial charge in [0.15, 0.2) is 0 Å². The molecule has 1 atom stereocenters. The summed E-state index contributed by atoms with van der Waals surface area (Å²) in [5, 5.41) is 3.36. The third-order valence-electron chi connectivity index (χ3n) is 3.76. The minimum Gasteiger partial charge on any atom is -0.477 e. The molecule has 5 nitrogen and oxygen atoms in total. The number of hydrogen-bond acceptors (Lipinski definition) is 4. The van der Waals surface area contributed by atoms with E-state index in [2.05, 4.69) is 9.71 Å². The Morgan fingerprint density at radius 1 is 1.35 bits per heavy atom. The number of nitrogens with one attached hydrogen (secondary N) is 1. The third kappa shape index (κ3) is 2.71. The first-order valence-corrected chi connectivity index (χ1v) is 8.39. The van der Waals surface area contributed by atoms with E-state index >= 15 is 0 Å². The average Bonchev–Trinajstić information content (AvgIpc) is 2.72. The maximum Gasteiger partial charge on any atom is 0.286 e. The van der Waals surface area contributed by atoms with Crippen LogP contribution >= 0.6 is 0 Å². The van der Waals surface area contributed by atoms with E-state index in [4.69, 9.17) is 4.74 Å². The Balaban J connectivity index is 1.64. The molecular weight excluding hydrogens is 276 g/mol. The molecule has 20 heavy (non-hydrogen) atoms. The molecule has 1 N–H and O–H groups in total. The second-order valence-electron chi connectivity index (χ2n) is 5.22. The molecule has 1 saturated heterocycles. The van der Waals surface area contributed by atoms with Gasteiger partial charge in [-0.1, -0.05) is 12.1 Å². The van der Waals surface area contributed by atoms with Crippen LogP contribution in [0.25, 0.3) is 0 Å². The van der Waals surface area contributed by atoms with E-state index in [-0.39, 0.29) is 10.8 Å². The summed E-state index contributed by atoms with van der Waals surface area (Å²) < 4.78 is 33.0. The minimum absolute atomic E-state index is 0.240. The standard InChI is InChI=1S/C14H18N2O3S/c17-20(18)13-6-2-1-5-12(13)14(16-20)19-9-7-11-4-3-8-15-10-11/h1-2,5-6,11,15H,3-4,7-10H2/t11-/m1/s1. The van der Waals surface area contributed by atoms with E-state index in [1.54, 1.807) is 24.3 Å². The Hall–Kier alpha value is -1.40. The van der Waals surface area contributed by atoms with Crippen molar-refractivity contribution >= 4 is 15.9 Å².